The summed E-state index contributed by atoms with van der Waals surface area (Å²) in [4.78, 5) is 0. The SMILES string of the molecule is COC(C)(C(O)C(O)C(O)CO)C(C)(C)O. The van der Waals surface area contributed by atoms with E-state index in [1.807, 2.05) is 0 Å². The van der Waals surface area contributed by atoms with Crippen molar-refractivity contribution in [2.75, 3.05) is 13.7 Å². The fourth-order valence-electron chi connectivity index (χ4n) is 1.38. The summed E-state index contributed by atoms with van der Waals surface area (Å²) in [5, 5.41) is 47.2. The van der Waals surface area contributed by atoms with Crippen LogP contribution in [0, 0.1) is 0 Å². The zero-order valence-electron chi connectivity index (χ0n) is 10.1. The molecule has 6 heteroatoms. The molecule has 0 amide bonds. The van der Waals surface area contributed by atoms with Gasteiger partial charge in [-0.05, 0) is 20.8 Å². The number of aliphatic hydroxyl groups is 5. The molecule has 0 aromatic carbocycles. The van der Waals surface area contributed by atoms with E-state index < -0.39 is 36.1 Å². The number of rotatable bonds is 6. The van der Waals surface area contributed by atoms with E-state index >= 15 is 0 Å². The summed E-state index contributed by atoms with van der Waals surface area (Å²) >= 11 is 0. The summed E-state index contributed by atoms with van der Waals surface area (Å²) in [6, 6.07) is 0. The summed E-state index contributed by atoms with van der Waals surface area (Å²) in [6.07, 6.45) is -4.65. The molecule has 0 spiro atoms. The van der Waals surface area contributed by atoms with E-state index in [1.165, 1.54) is 27.9 Å². The molecule has 0 fully saturated rings. The first-order chi connectivity index (χ1) is 7.11. The van der Waals surface area contributed by atoms with Crippen LogP contribution >= 0.6 is 0 Å². The smallest absolute Gasteiger partial charge is 0.121 e. The van der Waals surface area contributed by atoms with Crippen LogP contribution < -0.4 is 0 Å². The lowest BCUT2D eigenvalue weighted by Gasteiger charge is -2.44. The van der Waals surface area contributed by atoms with E-state index in [0.717, 1.165) is 0 Å². The van der Waals surface area contributed by atoms with Crippen molar-refractivity contribution in [1.29, 1.82) is 0 Å². The van der Waals surface area contributed by atoms with Crippen LogP contribution in [0.4, 0.5) is 0 Å². The molecule has 98 valence electrons. The third-order valence-electron chi connectivity index (χ3n) is 3.11. The van der Waals surface area contributed by atoms with Crippen molar-refractivity contribution >= 4 is 0 Å². The lowest BCUT2D eigenvalue weighted by molar-refractivity contribution is -0.227. The minimum absolute atomic E-state index is 0.691. The number of hydrogen-bond acceptors (Lipinski definition) is 6. The second-order valence-corrected chi connectivity index (χ2v) is 4.56. The Balaban J connectivity index is 4.98. The average molecular weight is 238 g/mol. The van der Waals surface area contributed by atoms with Gasteiger partial charge in [-0.15, -0.1) is 0 Å². The first-order valence-corrected chi connectivity index (χ1v) is 5.04. The summed E-state index contributed by atoms with van der Waals surface area (Å²) in [5.41, 5.74) is -2.90. The second kappa shape index (κ2) is 5.39. The third kappa shape index (κ3) is 2.91. The van der Waals surface area contributed by atoms with Crippen LogP contribution in [0.1, 0.15) is 20.8 Å². The van der Waals surface area contributed by atoms with Gasteiger partial charge in [0.1, 0.15) is 23.9 Å². The van der Waals surface area contributed by atoms with Crippen molar-refractivity contribution in [3.8, 4) is 0 Å². The average Bonchev–Trinajstić information content (AvgIpc) is 2.22. The molecular formula is C10H22O6. The van der Waals surface area contributed by atoms with Crippen LogP contribution in [0.3, 0.4) is 0 Å². The van der Waals surface area contributed by atoms with Gasteiger partial charge in [0.2, 0.25) is 0 Å². The van der Waals surface area contributed by atoms with Crippen LogP contribution in [-0.2, 0) is 4.74 Å². The van der Waals surface area contributed by atoms with Crippen molar-refractivity contribution in [3.05, 3.63) is 0 Å². The quantitative estimate of drug-likeness (QED) is 0.375. The van der Waals surface area contributed by atoms with Crippen molar-refractivity contribution in [2.45, 2.75) is 50.3 Å². The molecule has 6 nitrogen and oxygen atoms in total. The Morgan fingerprint density at radius 2 is 1.56 bits per heavy atom. The first kappa shape index (κ1) is 15.8. The second-order valence-electron chi connectivity index (χ2n) is 4.56. The Morgan fingerprint density at radius 3 is 1.81 bits per heavy atom. The Labute approximate surface area is 95.1 Å². The number of ether oxygens (including phenoxy) is 1. The van der Waals surface area contributed by atoms with Gasteiger partial charge in [0.25, 0.3) is 0 Å². The maximum atomic E-state index is 9.87. The topological polar surface area (TPSA) is 110 Å². The Hall–Kier alpha value is -0.240. The van der Waals surface area contributed by atoms with E-state index in [-0.39, 0.29) is 0 Å². The van der Waals surface area contributed by atoms with Crippen molar-refractivity contribution in [2.24, 2.45) is 0 Å². The predicted molar refractivity (Wildman–Crippen MR) is 56.8 cm³/mol. The molecule has 0 aliphatic heterocycles. The highest BCUT2D eigenvalue weighted by atomic mass is 16.5. The lowest BCUT2D eigenvalue weighted by atomic mass is 9.79. The zero-order valence-corrected chi connectivity index (χ0v) is 10.1. The normalized spacial score (nSPS) is 22.3. The fourth-order valence-corrected chi connectivity index (χ4v) is 1.38. The van der Waals surface area contributed by atoms with Crippen molar-refractivity contribution in [3.63, 3.8) is 0 Å². The Kier molecular flexibility index (Phi) is 5.31. The molecular weight excluding hydrogens is 216 g/mol. The Morgan fingerprint density at radius 1 is 1.12 bits per heavy atom. The first-order valence-electron chi connectivity index (χ1n) is 5.04. The van der Waals surface area contributed by atoms with E-state index in [9.17, 15) is 20.4 Å². The zero-order chi connectivity index (χ0) is 13.1. The molecule has 0 aliphatic carbocycles. The summed E-state index contributed by atoms with van der Waals surface area (Å²) in [6.45, 7) is 3.55. The van der Waals surface area contributed by atoms with Crippen molar-refractivity contribution in [1.82, 2.24) is 0 Å². The highest BCUT2D eigenvalue weighted by Crippen LogP contribution is 2.31. The van der Waals surface area contributed by atoms with Gasteiger partial charge in [-0.25, -0.2) is 0 Å². The maximum absolute atomic E-state index is 9.87. The fraction of sp³-hybridized carbons (Fsp3) is 1.00. The monoisotopic (exact) mass is 238 g/mol. The predicted octanol–water partition coefficient (Wildman–Crippen LogP) is -1.76. The van der Waals surface area contributed by atoms with Gasteiger partial charge < -0.3 is 30.3 Å². The molecule has 0 aliphatic rings. The molecule has 0 bridgehead atoms. The molecule has 0 heterocycles. The minimum atomic E-state index is -1.61. The number of methoxy groups -OCH3 is 1. The van der Waals surface area contributed by atoms with Crippen molar-refractivity contribution < 1.29 is 30.3 Å². The summed E-state index contributed by atoms with van der Waals surface area (Å²) < 4.78 is 5.03. The molecule has 4 unspecified atom stereocenters. The standard InChI is InChI=1S/C10H22O6/c1-9(2,15)10(3,16-4)8(14)7(13)6(12)5-11/h6-8,11-15H,5H2,1-4H3. The van der Waals surface area contributed by atoms with Gasteiger partial charge in [-0.1, -0.05) is 0 Å². The molecule has 4 atom stereocenters. The van der Waals surface area contributed by atoms with E-state index in [2.05, 4.69) is 0 Å². The molecule has 0 radical (unpaired) electrons. The van der Waals surface area contributed by atoms with Gasteiger partial charge in [0.15, 0.2) is 0 Å². The van der Waals surface area contributed by atoms with Gasteiger partial charge in [0.05, 0.1) is 12.2 Å². The number of hydrogen-bond donors (Lipinski definition) is 5. The van der Waals surface area contributed by atoms with Gasteiger partial charge in [0, 0.05) is 7.11 Å². The van der Waals surface area contributed by atoms with E-state index in [4.69, 9.17) is 9.84 Å². The highest BCUT2D eigenvalue weighted by Gasteiger charge is 2.50. The van der Waals surface area contributed by atoms with Crippen LogP contribution in [0.15, 0.2) is 0 Å². The van der Waals surface area contributed by atoms with Crippen LogP contribution in [-0.4, -0.2) is 68.8 Å². The number of aliphatic hydroxyl groups excluding tert-OH is 4. The van der Waals surface area contributed by atoms with E-state index in [1.54, 1.807) is 0 Å². The van der Waals surface area contributed by atoms with Gasteiger partial charge in [-0.2, -0.15) is 0 Å². The molecule has 0 rings (SSSR count). The molecule has 5 N–H and O–H groups in total. The maximum Gasteiger partial charge on any atom is 0.121 e. The minimum Gasteiger partial charge on any atom is -0.394 e. The molecule has 0 aromatic heterocycles. The molecule has 0 aromatic rings. The lowest BCUT2D eigenvalue weighted by Crippen LogP contribution is -2.62. The van der Waals surface area contributed by atoms with Gasteiger partial charge >= 0.3 is 0 Å². The van der Waals surface area contributed by atoms with Crippen LogP contribution in [0.25, 0.3) is 0 Å². The highest BCUT2D eigenvalue weighted by molar-refractivity contribution is 5.01. The summed E-state index contributed by atoms with van der Waals surface area (Å²) in [7, 11) is 1.28. The van der Waals surface area contributed by atoms with Crippen LogP contribution in [0.2, 0.25) is 0 Å². The molecule has 0 saturated heterocycles. The summed E-state index contributed by atoms with van der Waals surface area (Å²) in [5.74, 6) is 0. The third-order valence-corrected chi connectivity index (χ3v) is 3.11. The van der Waals surface area contributed by atoms with Gasteiger partial charge in [-0.3, -0.25) is 0 Å². The molecule has 16 heavy (non-hydrogen) atoms. The van der Waals surface area contributed by atoms with E-state index in [0.29, 0.717) is 0 Å². The largest absolute Gasteiger partial charge is 0.394 e. The Bertz CT molecular complexity index is 214. The van der Waals surface area contributed by atoms with Crippen LogP contribution in [0.5, 0.6) is 0 Å². The molecule has 0 saturated carbocycles.